The van der Waals surface area contributed by atoms with E-state index in [1.54, 1.807) is 7.11 Å². The third-order valence-corrected chi connectivity index (χ3v) is 2.67. The van der Waals surface area contributed by atoms with E-state index in [9.17, 15) is 5.11 Å². The number of hydrogen-bond acceptors (Lipinski definition) is 3. The fourth-order valence-corrected chi connectivity index (χ4v) is 1.51. The lowest BCUT2D eigenvalue weighted by Gasteiger charge is -2.09. The van der Waals surface area contributed by atoms with Crippen LogP contribution in [0.25, 0.3) is 0 Å². The van der Waals surface area contributed by atoms with E-state index in [4.69, 9.17) is 9.47 Å². The monoisotopic (exact) mass is 208 g/mol. The first-order valence-corrected chi connectivity index (χ1v) is 5.19. The van der Waals surface area contributed by atoms with Gasteiger partial charge in [0.05, 0.1) is 12.2 Å². The van der Waals surface area contributed by atoms with Gasteiger partial charge in [0, 0.05) is 7.11 Å². The van der Waals surface area contributed by atoms with Crippen LogP contribution in [-0.2, 0) is 10.3 Å². The zero-order valence-electron chi connectivity index (χ0n) is 8.90. The van der Waals surface area contributed by atoms with Gasteiger partial charge in [-0.3, -0.25) is 0 Å². The molecule has 1 aliphatic rings. The summed E-state index contributed by atoms with van der Waals surface area (Å²) in [6.45, 7) is 1.14. The first kappa shape index (κ1) is 10.5. The number of hydrogen-bond donors (Lipinski definition) is 1. The summed E-state index contributed by atoms with van der Waals surface area (Å²) in [7, 11) is 1.65. The Morgan fingerprint density at radius 3 is 2.40 bits per heavy atom. The van der Waals surface area contributed by atoms with Crippen LogP contribution in [0.3, 0.4) is 0 Å². The molecule has 0 spiro atoms. The van der Waals surface area contributed by atoms with Crippen LogP contribution in [0.4, 0.5) is 0 Å². The Balaban J connectivity index is 1.92. The van der Waals surface area contributed by atoms with Gasteiger partial charge in [0.15, 0.2) is 0 Å². The number of aliphatic hydroxyl groups is 1. The van der Waals surface area contributed by atoms with Crippen LogP contribution in [0, 0.1) is 0 Å². The second-order valence-electron chi connectivity index (χ2n) is 3.90. The predicted octanol–water partition coefficient (Wildman–Crippen LogP) is 1.69. The average molecular weight is 208 g/mol. The maximum Gasteiger partial charge on any atom is 0.119 e. The van der Waals surface area contributed by atoms with Gasteiger partial charge < -0.3 is 14.6 Å². The Morgan fingerprint density at radius 2 is 1.87 bits per heavy atom. The maximum atomic E-state index is 9.84. The summed E-state index contributed by atoms with van der Waals surface area (Å²) in [6.07, 6.45) is 1.74. The molecule has 0 aliphatic heterocycles. The molecule has 1 aromatic rings. The molecule has 0 unspecified atom stereocenters. The maximum absolute atomic E-state index is 9.84. The van der Waals surface area contributed by atoms with Gasteiger partial charge in [0.25, 0.3) is 0 Å². The fourth-order valence-electron chi connectivity index (χ4n) is 1.51. The summed E-state index contributed by atoms with van der Waals surface area (Å²) in [5, 5.41) is 9.84. The highest BCUT2D eigenvalue weighted by Crippen LogP contribution is 2.45. The molecule has 1 aromatic carbocycles. The lowest BCUT2D eigenvalue weighted by molar-refractivity contribution is 0.145. The zero-order valence-corrected chi connectivity index (χ0v) is 8.90. The molecule has 0 bridgehead atoms. The number of benzene rings is 1. The summed E-state index contributed by atoms with van der Waals surface area (Å²) in [5.41, 5.74) is 0.437. The van der Waals surface area contributed by atoms with Crippen molar-refractivity contribution in [2.45, 2.75) is 18.4 Å². The molecule has 82 valence electrons. The predicted molar refractivity (Wildman–Crippen MR) is 56.9 cm³/mol. The van der Waals surface area contributed by atoms with E-state index in [0.29, 0.717) is 13.2 Å². The van der Waals surface area contributed by atoms with E-state index in [2.05, 4.69) is 0 Å². The SMILES string of the molecule is COCCOc1ccc(C2(O)CC2)cc1. The zero-order chi connectivity index (χ0) is 10.7. The van der Waals surface area contributed by atoms with Crippen LogP contribution in [0.1, 0.15) is 18.4 Å². The van der Waals surface area contributed by atoms with Gasteiger partial charge in [-0.2, -0.15) is 0 Å². The second-order valence-corrected chi connectivity index (χ2v) is 3.90. The minimum atomic E-state index is -0.551. The molecule has 1 fully saturated rings. The second kappa shape index (κ2) is 4.21. The van der Waals surface area contributed by atoms with Crippen LogP contribution in [0.2, 0.25) is 0 Å². The van der Waals surface area contributed by atoms with Gasteiger partial charge in [-0.1, -0.05) is 12.1 Å². The summed E-state index contributed by atoms with van der Waals surface area (Å²) in [6, 6.07) is 7.63. The molecule has 1 N–H and O–H groups in total. The first-order valence-electron chi connectivity index (χ1n) is 5.19. The van der Waals surface area contributed by atoms with Crippen molar-refractivity contribution in [2.24, 2.45) is 0 Å². The molecule has 0 atom stereocenters. The van der Waals surface area contributed by atoms with E-state index < -0.39 is 5.60 Å². The van der Waals surface area contributed by atoms with E-state index in [1.165, 1.54) is 0 Å². The van der Waals surface area contributed by atoms with Gasteiger partial charge in [-0.25, -0.2) is 0 Å². The van der Waals surface area contributed by atoms with E-state index in [0.717, 1.165) is 24.2 Å². The highest BCUT2D eigenvalue weighted by atomic mass is 16.5. The van der Waals surface area contributed by atoms with E-state index in [1.807, 2.05) is 24.3 Å². The molecule has 1 saturated carbocycles. The lowest BCUT2D eigenvalue weighted by Crippen LogP contribution is -2.06. The highest BCUT2D eigenvalue weighted by Gasteiger charge is 2.41. The molecule has 0 aromatic heterocycles. The van der Waals surface area contributed by atoms with Crippen molar-refractivity contribution in [1.82, 2.24) is 0 Å². The minimum absolute atomic E-state index is 0.551. The molecule has 3 nitrogen and oxygen atoms in total. The van der Waals surface area contributed by atoms with Crippen molar-refractivity contribution in [2.75, 3.05) is 20.3 Å². The van der Waals surface area contributed by atoms with Gasteiger partial charge in [-0.15, -0.1) is 0 Å². The molecule has 0 amide bonds. The molecular weight excluding hydrogens is 192 g/mol. The first-order chi connectivity index (χ1) is 7.24. The highest BCUT2D eigenvalue weighted by molar-refractivity contribution is 5.33. The largest absolute Gasteiger partial charge is 0.491 e. The van der Waals surface area contributed by atoms with Gasteiger partial charge >= 0.3 is 0 Å². The Kier molecular flexibility index (Phi) is 2.93. The van der Waals surface area contributed by atoms with Crippen molar-refractivity contribution in [3.8, 4) is 5.75 Å². The molecule has 0 radical (unpaired) electrons. The van der Waals surface area contributed by atoms with Gasteiger partial charge in [0.2, 0.25) is 0 Å². The Morgan fingerprint density at radius 1 is 1.20 bits per heavy atom. The Bertz CT molecular complexity index is 314. The van der Waals surface area contributed by atoms with Crippen molar-refractivity contribution in [3.05, 3.63) is 29.8 Å². The van der Waals surface area contributed by atoms with Crippen LogP contribution in [0.15, 0.2) is 24.3 Å². The molecule has 0 saturated heterocycles. The molecule has 0 heterocycles. The summed E-state index contributed by atoms with van der Waals surface area (Å²) >= 11 is 0. The summed E-state index contributed by atoms with van der Waals surface area (Å²) in [5.74, 6) is 0.819. The van der Waals surface area contributed by atoms with Crippen LogP contribution >= 0.6 is 0 Å². The molecule has 15 heavy (non-hydrogen) atoms. The standard InChI is InChI=1S/C12H16O3/c1-14-8-9-15-11-4-2-10(3-5-11)12(13)6-7-12/h2-5,13H,6-9H2,1H3. The Labute approximate surface area is 89.6 Å². The van der Waals surface area contributed by atoms with Crippen LogP contribution in [-0.4, -0.2) is 25.4 Å². The van der Waals surface area contributed by atoms with Crippen molar-refractivity contribution < 1.29 is 14.6 Å². The number of rotatable bonds is 5. The summed E-state index contributed by atoms with van der Waals surface area (Å²) in [4.78, 5) is 0. The smallest absolute Gasteiger partial charge is 0.119 e. The van der Waals surface area contributed by atoms with Crippen LogP contribution in [0.5, 0.6) is 5.75 Å². The topological polar surface area (TPSA) is 38.7 Å². The minimum Gasteiger partial charge on any atom is -0.491 e. The van der Waals surface area contributed by atoms with E-state index in [-0.39, 0.29) is 0 Å². The molecule has 2 rings (SSSR count). The Hall–Kier alpha value is -1.06. The van der Waals surface area contributed by atoms with Gasteiger partial charge in [-0.05, 0) is 30.5 Å². The van der Waals surface area contributed by atoms with Crippen molar-refractivity contribution in [1.29, 1.82) is 0 Å². The quantitative estimate of drug-likeness (QED) is 0.748. The van der Waals surface area contributed by atoms with E-state index >= 15 is 0 Å². The normalized spacial score (nSPS) is 17.5. The number of ether oxygens (including phenoxy) is 2. The lowest BCUT2D eigenvalue weighted by atomic mass is 10.1. The molecule has 1 aliphatic carbocycles. The molecule has 3 heteroatoms. The van der Waals surface area contributed by atoms with Crippen molar-refractivity contribution in [3.63, 3.8) is 0 Å². The van der Waals surface area contributed by atoms with Crippen LogP contribution < -0.4 is 4.74 Å². The molecular formula is C12H16O3. The van der Waals surface area contributed by atoms with Crippen molar-refractivity contribution >= 4 is 0 Å². The number of methoxy groups -OCH3 is 1. The average Bonchev–Trinajstić information content (AvgIpc) is 2.99. The van der Waals surface area contributed by atoms with Gasteiger partial charge in [0.1, 0.15) is 12.4 Å². The fraction of sp³-hybridized carbons (Fsp3) is 0.500. The third-order valence-electron chi connectivity index (χ3n) is 2.67. The summed E-state index contributed by atoms with van der Waals surface area (Å²) < 4.78 is 10.3. The third kappa shape index (κ3) is 2.49.